The van der Waals surface area contributed by atoms with E-state index >= 15 is 0 Å². The summed E-state index contributed by atoms with van der Waals surface area (Å²) in [5, 5.41) is 4.04. The van der Waals surface area contributed by atoms with Gasteiger partial charge in [-0.15, -0.1) is 0 Å². The van der Waals surface area contributed by atoms with Crippen molar-refractivity contribution in [1.82, 2.24) is 19.7 Å². The summed E-state index contributed by atoms with van der Waals surface area (Å²) in [7, 11) is 0. The Balaban J connectivity index is 2.55. The van der Waals surface area contributed by atoms with Gasteiger partial charge in [0.25, 0.3) is 5.91 Å². The van der Waals surface area contributed by atoms with E-state index in [9.17, 15) is 4.79 Å². The molecule has 0 spiro atoms. The van der Waals surface area contributed by atoms with Crippen LogP contribution in [-0.2, 0) is 0 Å². The molecular weight excluding hydrogens is 234 g/mol. The number of nitrogens with one attached hydrogen (secondary N) is 1. The summed E-state index contributed by atoms with van der Waals surface area (Å²) in [6, 6.07) is 0. The molecule has 0 saturated carbocycles. The number of nitrogen functional groups attached to an aromatic ring is 1. The van der Waals surface area contributed by atoms with Gasteiger partial charge in [0.2, 0.25) is 0 Å². The summed E-state index contributed by atoms with van der Waals surface area (Å²) in [5.41, 5.74) is 8.70. The lowest BCUT2D eigenvalue weighted by Crippen LogP contribution is -2.14. The van der Waals surface area contributed by atoms with Crippen LogP contribution >= 0.6 is 0 Å². The third-order valence-corrected chi connectivity index (χ3v) is 2.45. The SMILES string of the molecule is Cc1nc(NN)c(C)c(-n2cc(C(N)=O)cn2)n1. The largest absolute Gasteiger partial charge is 0.366 e. The highest BCUT2D eigenvalue weighted by Crippen LogP contribution is 2.17. The number of hydrogen-bond donors (Lipinski definition) is 3. The summed E-state index contributed by atoms with van der Waals surface area (Å²) in [6.45, 7) is 3.54. The zero-order chi connectivity index (χ0) is 13.3. The highest BCUT2D eigenvalue weighted by molar-refractivity contribution is 5.92. The number of aromatic nitrogens is 4. The Morgan fingerprint density at radius 2 is 2.11 bits per heavy atom. The first-order chi connectivity index (χ1) is 8.52. The second-order valence-electron chi connectivity index (χ2n) is 3.75. The maximum atomic E-state index is 11.0. The van der Waals surface area contributed by atoms with Gasteiger partial charge in [-0.25, -0.2) is 20.5 Å². The standard InChI is InChI=1S/C10H13N7O/c1-5-9(16-12)14-6(2)15-10(5)17-4-7(3-13-17)8(11)18/h3-4H,12H2,1-2H3,(H2,11,18)(H,14,15,16). The van der Waals surface area contributed by atoms with E-state index in [1.807, 2.05) is 0 Å². The van der Waals surface area contributed by atoms with Gasteiger partial charge in [-0.1, -0.05) is 0 Å². The van der Waals surface area contributed by atoms with Gasteiger partial charge in [0, 0.05) is 11.8 Å². The van der Waals surface area contributed by atoms with Gasteiger partial charge in [0.1, 0.15) is 11.6 Å². The minimum Gasteiger partial charge on any atom is -0.366 e. The molecule has 5 N–H and O–H groups in total. The van der Waals surface area contributed by atoms with Crippen molar-refractivity contribution in [1.29, 1.82) is 0 Å². The molecule has 0 atom stereocenters. The Kier molecular flexibility index (Phi) is 2.94. The molecule has 0 unspecified atom stereocenters. The third-order valence-electron chi connectivity index (χ3n) is 2.45. The summed E-state index contributed by atoms with van der Waals surface area (Å²) in [4.78, 5) is 19.4. The van der Waals surface area contributed by atoms with Crippen molar-refractivity contribution in [2.75, 3.05) is 5.43 Å². The lowest BCUT2D eigenvalue weighted by molar-refractivity contribution is 0.100. The Labute approximate surface area is 103 Å². The molecule has 1 amide bonds. The summed E-state index contributed by atoms with van der Waals surface area (Å²) < 4.78 is 1.46. The highest BCUT2D eigenvalue weighted by atomic mass is 16.1. The third kappa shape index (κ3) is 2.00. The van der Waals surface area contributed by atoms with Crippen LogP contribution in [0, 0.1) is 13.8 Å². The van der Waals surface area contributed by atoms with Crippen molar-refractivity contribution in [3.05, 3.63) is 29.3 Å². The fourth-order valence-electron chi connectivity index (χ4n) is 1.54. The molecule has 8 heteroatoms. The Morgan fingerprint density at radius 3 is 2.67 bits per heavy atom. The van der Waals surface area contributed by atoms with Crippen molar-refractivity contribution >= 4 is 11.7 Å². The molecule has 0 bridgehead atoms. The fourth-order valence-corrected chi connectivity index (χ4v) is 1.54. The highest BCUT2D eigenvalue weighted by Gasteiger charge is 2.12. The molecule has 0 aliphatic carbocycles. The van der Waals surface area contributed by atoms with E-state index in [0.29, 0.717) is 23.0 Å². The van der Waals surface area contributed by atoms with Gasteiger partial charge >= 0.3 is 0 Å². The zero-order valence-electron chi connectivity index (χ0n) is 10.0. The fraction of sp³-hybridized carbons (Fsp3) is 0.200. The van der Waals surface area contributed by atoms with Crippen molar-refractivity contribution in [3.63, 3.8) is 0 Å². The minimum atomic E-state index is -0.540. The van der Waals surface area contributed by atoms with Crippen molar-refractivity contribution in [2.24, 2.45) is 11.6 Å². The predicted octanol–water partition coefficient (Wildman–Crippen LogP) is -0.336. The summed E-state index contributed by atoms with van der Waals surface area (Å²) in [6.07, 6.45) is 2.90. The zero-order valence-corrected chi connectivity index (χ0v) is 10.0. The van der Waals surface area contributed by atoms with Crippen LogP contribution in [-0.4, -0.2) is 25.7 Å². The van der Waals surface area contributed by atoms with E-state index in [0.717, 1.165) is 5.56 Å². The van der Waals surface area contributed by atoms with E-state index in [-0.39, 0.29) is 0 Å². The number of carbonyl (C=O) groups is 1. The number of aryl methyl sites for hydroxylation is 1. The molecule has 0 saturated heterocycles. The van der Waals surface area contributed by atoms with Crippen LogP contribution in [0.2, 0.25) is 0 Å². The molecule has 0 aliphatic heterocycles. The molecule has 18 heavy (non-hydrogen) atoms. The van der Waals surface area contributed by atoms with Crippen molar-refractivity contribution in [3.8, 4) is 5.82 Å². The first-order valence-corrected chi connectivity index (χ1v) is 5.19. The number of carbonyl (C=O) groups excluding carboxylic acids is 1. The topological polar surface area (TPSA) is 125 Å². The molecule has 0 radical (unpaired) electrons. The van der Waals surface area contributed by atoms with E-state index in [4.69, 9.17) is 11.6 Å². The van der Waals surface area contributed by atoms with E-state index in [2.05, 4.69) is 20.5 Å². The lowest BCUT2D eigenvalue weighted by atomic mass is 10.3. The molecule has 2 aromatic rings. The van der Waals surface area contributed by atoms with E-state index < -0.39 is 5.91 Å². The molecule has 8 nitrogen and oxygen atoms in total. The Morgan fingerprint density at radius 1 is 1.39 bits per heavy atom. The monoisotopic (exact) mass is 247 g/mol. The van der Waals surface area contributed by atoms with Gasteiger partial charge in [-0.3, -0.25) is 4.79 Å². The number of anilines is 1. The molecular formula is C10H13N7O. The quantitative estimate of drug-likeness (QED) is 0.503. The first kappa shape index (κ1) is 12.0. The number of amides is 1. The summed E-state index contributed by atoms with van der Waals surface area (Å²) in [5.74, 6) is 6.43. The smallest absolute Gasteiger partial charge is 0.251 e. The molecule has 0 aliphatic rings. The molecule has 2 aromatic heterocycles. The minimum absolute atomic E-state index is 0.313. The van der Waals surface area contributed by atoms with Gasteiger partial charge in [-0.2, -0.15) is 5.10 Å². The van der Waals surface area contributed by atoms with E-state index in [1.54, 1.807) is 13.8 Å². The van der Waals surface area contributed by atoms with Gasteiger partial charge in [0.15, 0.2) is 5.82 Å². The van der Waals surface area contributed by atoms with Crippen LogP contribution in [0.25, 0.3) is 5.82 Å². The number of hydrogen-bond acceptors (Lipinski definition) is 6. The van der Waals surface area contributed by atoms with Gasteiger partial charge < -0.3 is 11.2 Å². The maximum Gasteiger partial charge on any atom is 0.251 e. The lowest BCUT2D eigenvalue weighted by Gasteiger charge is -2.10. The van der Waals surface area contributed by atoms with Crippen LogP contribution < -0.4 is 17.0 Å². The number of nitrogens with two attached hydrogens (primary N) is 2. The van der Waals surface area contributed by atoms with Crippen LogP contribution in [0.5, 0.6) is 0 Å². The van der Waals surface area contributed by atoms with Crippen LogP contribution in [0.15, 0.2) is 12.4 Å². The average Bonchev–Trinajstić information content (AvgIpc) is 2.81. The van der Waals surface area contributed by atoms with Crippen molar-refractivity contribution in [2.45, 2.75) is 13.8 Å². The number of primary amides is 1. The number of rotatable bonds is 3. The Bertz CT molecular complexity index is 604. The van der Waals surface area contributed by atoms with Crippen LogP contribution in [0.4, 0.5) is 5.82 Å². The summed E-state index contributed by atoms with van der Waals surface area (Å²) >= 11 is 0. The average molecular weight is 247 g/mol. The van der Waals surface area contributed by atoms with Crippen LogP contribution in [0.1, 0.15) is 21.7 Å². The molecule has 94 valence electrons. The second kappa shape index (κ2) is 4.41. The van der Waals surface area contributed by atoms with Gasteiger partial charge in [-0.05, 0) is 13.8 Å². The Hall–Kier alpha value is -2.48. The van der Waals surface area contributed by atoms with E-state index in [1.165, 1.54) is 17.1 Å². The predicted molar refractivity (Wildman–Crippen MR) is 65.0 cm³/mol. The maximum absolute atomic E-state index is 11.0. The van der Waals surface area contributed by atoms with Crippen LogP contribution in [0.3, 0.4) is 0 Å². The second-order valence-corrected chi connectivity index (χ2v) is 3.75. The molecule has 2 rings (SSSR count). The van der Waals surface area contributed by atoms with Crippen molar-refractivity contribution < 1.29 is 4.79 Å². The van der Waals surface area contributed by atoms with Gasteiger partial charge in [0.05, 0.1) is 11.8 Å². The normalized spacial score (nSPS) is 10.4. The number of nitrogens with zero attached hydrogens (tertiary/aromatic N) is 4. The number of hydrazine groups is 1. The molecule has 0 fully saturated rings. The first-order valence-electron chi connectivity index (χ1n) is 5.19. The molecule has 2 heterocycles. The molecule has 0 aromatic carbocycles.